The molecule has 0 unspecified atom stereocenters. The Morgan fingerprint density at radius 1 is 1.26 bits per heavy atom. The summed E-state index contributed by atoms with van der Waals surface area (Å²) in [6, 6.07) is 9.70. The van der Waals surface area contributed by atoms with Crippen molar-refractivity contribution in [2.45, 2.75) is 23.8 Å². The van der Waals surface area contributed by atoms with E-state index in [9.17, 15) is 4.79 Å². The molecule has 1 saturated heterocycles. The second-order valence-electron chi connectivity index (χ2n) is 5.13. The molecule has 8 heteroatoms. The largest absolute Gasteiger partial charge is 0.347 e. The van der Waals surface area contributed by atoms with Crippen LogP contribution in [0.1, 0.15) is 18.4 Å². The number of hydrogen-bond acceptors (Lipinski definition) is 7. The Morgan fingerprint density at radius 2 is 2.04 bits per heavy atom. The number of rotatable bonds is 7. The fraction of sp³-hybridized carbons (Fsp3) is 0.400. The summed E-state index contributed by atoms with van der Waals surface area (Å²) in [4.78, 5) is 19.2. The van der Waals surface area contributed by atoms with Gasteiger partial charge in [-0.25, -0.2) is 5.48 Å². The lowest BCUT2D eigenvalue weighted by atomic mass is 10.2. The van der Waals surface area contributed by atoms with Crippen LogP contribution in [-0.4, -0.2) is 34.9 Å². The zero-order valence-electron chi connectivity index (χ0n) is 12.6. The summed E-state index contributed by atoms with van der Waals surface area (Å²) >= 11 is 2.92. The highest BCUT2D eigenvalue weighted by molar-refractivity contribution is 8.01. The van der Waals surface area contributed by atoms with Crippen molar-refractivity contribution in [1.82, 2.24) is 15.7 Å². The molecule has 0 radical (unpaired) electrons. The Hall–Kier alpha value is -1.64. The molecule has 0 spiro atoms. The van der Waals surface area contributed by atoms with Crippen LogP contribution in [0.15, 0.2) is 34.7 Å². The fourth-order valence-electron chi connectivity index (χ4n) is 2.23. The van der Waals surface area contributed by atoms with Crippen LogP contribution < -0.4 is 10.4 Å². The Kier molecular flexibility index (Phi) is 5.84. The van der Waals surface area contributed by atoms with Crippen molar-refractivity contribution in [2.24, 2.45) is 0 Å². The van der Waals surface area contributed by atoms with Crippen LogP contribution in [0.4, 0.5) is 5.13 Å². The zero-order chi connectivity index (χ0) is 15.9. The minimum absolute atomic E-state index is 0.177. The first-order chi connectivity index (χ1) is 11.3. The van der Waals surface area contributed by atoms with Gasteiger partial charge in [-0.1, -0.05) is 53.4 Å². The third-order valence-electron chi connectivity index (χ3n) is 3.37. The molecule has 122 valence electrons. The lowest BCUT2D eigenvalue weighted by Gasteiger charge is -2.10. The number of hydrogen-bond donors (Lipinski definition) is 1. The van der Waals surface area contributed by atoms with Crippen molar-refractivity contribution in [3.63, 3.8) is 0 Å². The molecule has 2 aromatic rings. The van der Waals surface area contributed by atoms with Gasteiger partial charge in [-0.15, -0.1) is 10.2 Å². The molecule has 1 aromatic heterocycles. The molecule has 1 amide bonds. The van der Waals surface area contributed by atoms with Gasteiger partial charge >= 0.3 is 0 Å². The van der Waals surface area contributed by atoms with Gasteiger partial charge in [0.25, 0.3) is 5.91 Å². The van der Waals surface area contributed by atoms with Gasteiger partial charge in [-0.2, -0.15) is 0 Å². The molecule has 1 aliphatic heterocycles. The molecule has 3 rings (SSSR count). The summed E-state index contributed by atoms with van der Waals surface area (Å²) < 4.78 is 0.810. The number of benzene rings is 1. The monoisotopic (exact) mass is 350 g/mol. The third kappa shape index (κ3) is 4.92. The van der Waals surface area contributed by atoms with E-state index in [0.29, 0.717) is 6.61 Å². The molecule has 0 aliphatic carbocycles. The molecule has 6 nitrogen and oxygen atoms in total. The Bertz CT molecular complexity index is 629. The van der Waals surface area contributed by atoms with Crippen LogP contribution in [0.5, 0.6) is 0 Å². The van der Waals surface area contributed by atoms with Crippen molar-refractivity contribution in [3.05, 3.63) is 35.9 Å². The number of amides is 1. The van der Waals surface area contributed by atoms with Gasteiger partial charge in [0, 0.05) is 13.1 Å². The highest BCUT2D eigenvalue weighted by atomic mass is 32.2. The molecule has 1 N–H and O–H groups in total. The summed E-state index contributed by atoms with van der Waals surface area (Å²) in [6.45, 7) is 2.45. The van der Waals surface area contributed by atoms with E-state index in [1.807, 2.05) is 30.3 Å². The molecule has 0 saturated carbocycles. The second kappa shape index (κ2) is 8.28. The van der Waals surface area contributed by atoms with E-state index in [1.54, 1.807) is 0 Å². The summed E-state index contributed by atoms with van der Waals surface area (Å²) in [7, 11) is 0. The van der Waals surface area contributed by atoms with Gasteiger partial charge < -0.3 is 4.90 Å². The fourth-order valence-corrected chi connectivity index (χ4v) is 3.91. The lowest BCUT2D eigenvalue weighted by Crippen LogP contribution is -2.25. The maximum Gasteiger partial charge on any atom is 0.253 e. The standard InChI is InChI=1S/C15H18N4O2S2/c20-13(18-21-10-12-6-2-1-3-7-12)11-22-15-17-16-14(23-15)19-8-4-5-9-19/h1-3,6-7H,4-5,8-11H2,(H,18,20). The van der Waals surface area contributed by atoms with E-state index in [0.717, 1.165) is 28.1 Å². The van der Waals surface area contributed by atoms with Crippen molar-refractivity contribution < 1.29 is 9.63 Å². The number of carbonyl (C=O) groups excluding carboxylic acids is 1. The van der Waals surface area contributed by atoms with E-state index in [2.05, 4.69) is 20.6 Å². The number of aromatic nitrogens is 2. The molecular formula is C15H18N4O2S2. The smallest absolute Gasteiger partial charge is 0.253 e. The van der Waals surface area contributed by atoms with Crippen molar-refractivity contribution in [3.8, 4) is 0 Å². The van der Waals surface area contributed by atoms with Crippen LogP contribution in [0.3, 0.4) is 0 Å². The van der Waals surface area contributed by atoms with E-state index < -0.39 is 0 Å². The van der Waals surface area contributed by atoms with Gasteiger partial charge in [-0.05, 0) is 18.4 Å². The van der Waals surface area contributed by atoms with Gasteiger partial charge in [-0.3, -0.25) is 9.63 Å². The van der Waals surface area contributed by atoms with Gasteiger partial charge in [0.05, 0.1) is 12.4 Å². The quantitative estimate of drug-likeness (QED) is 0.611. The van der Waals surface area contributed by atoms with Gasteiger partial charge in [0.15, 0.2) is 4.34 Å². The van der Waals surface area contributed by atoms with Crippen molar-refractivity contribution >= 4 is 34.1 Å². The predicted octanol–water partition coefficient (Wildman–Crippen LogP) is 2.48. The first kappa shape index (κ1) is 16.2. The molecular weight excluding hydrogens is 332 g/mol. The number of nitrogens with one attached hydrogen (secondary N) is 1. The highest BCUT2D eigenvalue weighted by Crippen LogP contribution is 2.29. The molecule has 1 aromatic carbocycles. The average Bonchev–Trinajstić information content (AvgIpc) is 3.25. The summed E-state index contributed by atoms with van der Waals surface area (Å²) in [6.07, 6.45) is 2.42. The van der Waals surface area contributed by atoms with Crippen LogP contribution >= 0.6 is 23.1 Å². The SMILES string of the molecule is O=C(CSc1nnc(N2CCCC2)s1)NOCc1ccccc1. The number of thioether (sulfide) groups is 1. The molecule has 23 heavy (non-hydrogen) atoms. The number of hydroxylamine groups is 1. The topological polar surface area (TPSA) is 67.4 Å². The van der Waals surface area contributed by atoms with E-state index in [-0.39, 0.29) is 11.7 Å². The van der Waals surface area contributed by atoms with Crippen molar-refractivity contribution in [2.75, 3.05) is 23.7 Å². The van der Waals surface area contributed by atoms with E-state index >= 15 is 0 Å². The molecule has 1 fully saturated rings. The summed E-state index contributed by atoms with van der Waals surface area (Å²) in [5.74, 6) is 0.0903. The molecule has 0 atom stereocenters. The minimum atomic E-state index is -0.177. The number of nitrogens with zero attached hydrogens (tertiary/aromatic N) is 3. The Morgan fingerprint density at radius 3 is 2.83 bits per heavy atom. The van der Waals surface area contributed by atoms with Crippen molar-refractivity contribution in [1.29, 1.82) is 0 Å². The Balaban J connectivity index is 1.37. The third-order valence-corrected chi connectivity index (χ3v) is 5.48. The maximum absolute atomic E-state index is 11.8. The number of carbonyl (C=O) groups is 1. The first-order valence-electron chi connectivity index (χ1n) is 7.47. The van der Waals surface area contributed by atoms with E-state index in [4.69, 9.17) is 4.84 Å². The molecule has 1 aliphatic rings. The Labute approximate surface area is 143 Å². The lowest BCUT2D eigenvalue weighted by molar-refractivity contribution is -0.131. The number of anilines is 1. The zero-order valence-corrected chi connectivity index (χ0v) is 14.2. The summed E-state index contributed by atoms with van der Waals surface area (Å²) in [5, 5.41) is 9.27. The summed E-state index contributed by atoms with van der Waals surface area (Å²) in [5.41, 5.74) is 3.46. The van der Waals surface area contributed by atoms with Crippen LogP contribution in [0, 0.1) is 0 Å². The second-order valence-corrected chi connectivity index (χ2v) is 7.31. The maximum atomic E-state index is 11.8. The molecule has 2 heterocycles. The first-order valence-corrected chi connectivity index (χ1v) is 9.27. The van der Waals surface area contributed by atoms with Gasteiger partial charge in [0.1, 0.15) is 0 Å². The minimum Gasteiger partial charge on any atom is -0.347 e. The predicted molar refractivity (Wildman–Crippen MR) is 91.5 cm³/mol. The molecule has 0 bridgehead atoms. The van der Waals surface area contributed by atoms with Crippen LogP contribution in [0.25, 0.3) is 0 Å². The average molecular weight is 350 g/mol. The normalized spacial score (nSPS) is 14.2. The van der Waals surface area contributed by atoms with Crippen LogP contribution in [-0.2, 0) is 16.2 Å². The van der Waals surface area contributed by atoms with Crippen LogP contribution in [0.2, 0.25) is 0 Å². The van der Waals surface area contributed by atoms with E-state index in [1.165, 1.54) is 35.9 Å². The highest BCUT2D eigenvalue weighted by Gasteiger charge is 2.17. The van der Waals surface area contributed by atoms with Gasteiger partial charge in [0.2, 0.25) is 5.13 Å².